The fourth-order valence-electron chi connectivity index (χ4n) is 3.11. The molecule has 0 aliphatic rings. The van der Waals surface area contributed by atoms with E-state index >= 15 is 0 Å². The fraction of sp³-hybridized carbons (Fsp3) is 0.607. The number of hydrogen-bond acceptors (Lipinski definition) is 6. The molecule has 1 aromatic rings. The fourth-order valence-corrected chi connectivity index (χ4v) is 5.40. The number of benzene rings is 1. The van der Waals surface area contributed by atoms with Gasteiger partial charge in [0.25, 0.3) is 0 Å². The van der Waals surface area contributed by atoms with E-state index in [9.17, 15) is 4.79 Å². The molecule has 0 spiro atoms. The minimum atomic E-state index is -0.160. The van der Waals surface area contributed by atoms with Gasteiger partial charge in [0.15, 0.2) is 0 Å². The number of carbonyl (C=O) groups excluding carboxylic acids is 1. The predicted octanol–water partition coefficient (Wildman–Crippen LogP) is 8.77. The number of ether oxygens (including phenoxy) is 3. The first kappa shape index (κ1) is 30.5. The molecule has 0 radical (unpaired) electrons. The summed E-state index contributed by atoms with van der Waals surface area (Å²) < 4.78 is 16.6. The minimum absolute atomic E-state index is 0.160. The van der Waals surface area contributed by atoms with Gasteiger partial charge in [-0.15, -0.1) is 0 Å². The van der Waals surface area contributed by atoms with E-state index in [2.05, 4.69) is 20.1 Å². The lowest BCUT2D eigenvalue weighted by Crippen LogP contribution is -2.07. The van der Waals surface area contributed by atoms with E-state index in [1.807, 2.05) is 33.7 Å². The maximum absolute atomic E-state index is 12.0. The van der Waals surface area contributed by atoms with Crippen molar-refractivity contribution in [1.82, 2.24) is 0 Å². The molecule has 0 amide bonds. The highest BCUT2D eigenvalue weighted by Crippen LogP contribution is 2.24. The smallest absolute Gasteiger partial charge is 0.311 e. The van der Waals surface area contributed by atoms with Crippen LogP contribution in [-0.4, -0.2) is 30.7 Å². The SMILES string of the molecule is C=CC(=C)OCCCCCCOc1ccc(OC(=O)CCCCCSSCCCCCC)cc1. The lowest BCUT2D eigenvalue weighted by molar-refractivity contribution is -0.134. The molecule has 0 unspecified atom stereocenters. The molecule has 0 N–H and O–H groups in total. The molecular weight excluding hydrogens is 464 g/mol. The van der Waals surface area contributed by atoms with Crippen molar-refractivity contribution in [2.24, 2.45) is 0 Å². The van der Waals surface area contributed by atoms with Crippen molar-refractivity contribution < 1.29 is 19.0 Å². The Labute approximate surface area is 215 Å². The molecule has 1 rings (SSSR count). The number of rotatable bonds is 23. The topological polar surface area (TPSA) is 44.8 Å². The van der Waals surface area contributed by atoms with Gasteiger partial charge in [-0.1, -0.05) is 67.4 Å². The van der Waals surface area contributed by atoms with Crippen LogP contribution in [0.5, 0.6) is 11.5 Å². The van der Waals surface area contributed by atoms with Crippen LogP contribution >= 0.6 is 21.6 Å². The summed E-state index contributed by atoms with van der Waals surface area (Å²) >= 11 is 0. The Balaban J connectivity index is 1.99. The summed E-state index contributed by atoms with van der Waals surface area (Å²) in [7, 11) is 3.95. The molecule has 0 saturated heterocycles. The molecule has 0 aliphatic heterocycles. The summed E-state index contributed by atoms with van der Waals surface area (Å²) in [6, 6.07) is 7.31. The van der Waals surface area contributed by atoms with Crippen molar-refractivity contribution in [2.45, 2.75) is 84.0 Å². The lowest BCUT2D eigenvalue weighted by Gasteiger charge is -2.08. The second-order valence-corrected chi connectivity index (χ2v) is 10.9. The van der Waals surface area contributed by atoms with Gasteiger partial charge in [-0.3, -0.25) is 4.79 Å². The second-order valence-electron chi connectivity index (χ2n) is 8.24. The maximum Gasteiger partial charge on any atom is 0.311 e. The van der Waals surface area contributed by atoms with Crippen LogP contribution in [0.4, 0.5) is 0 Å². The quantitative estimate of drug-likeness (QED) is 0.0367. The highest BCUT2D eigenvalue weighted by atomic mass is 33.1. The van der Waals surface area contributed by atoms with E-state index < -0.39 is 0 Å². The maximum atomic E-state index is 12.0. The second kappa shape index (κ2) is 22.0. The van der Waals surface area contributed by atoms with Crippen molar-refractivity contribution in [1.29, 1.82) is 0 Å². The largest absolute Gasteiger partial charge is 0.494 e. The normalized spacial score (nSPS) is 10.6. The zero-order chi connectivity index (χ0) is 24.7. The molecule has 6 heteroatoms. The summed E-state index contributed by atoms with van der Waals surface area (Å²) in [5, 5.41) is 0. The average molecular weight is 509 g/mol. The van der Waals surface area contributed by atoms with Crippen molar-refractivity contribution >= 4 is 27.6 Å². The summed E-state index contributed by atoms with van der Waals surface area (Å²) in [5.74, 6) is 4.26. The average Bonchev–Trinajstić information content (AvgIpc) is 2.85. The number of esters is 1. The Hall–Kier alpha value is -1.53. The van der Waals surface area contributed by atoms with Crippen LogP contribution in [-0.2, 0) is 9.53 Å². The Bertz CT molecular complexity index is 661. The van der Waals surface area contributed by atoms with Crippen LogP contribution in [0.3, 0.4) is 0 Å². The van der Waals surface area contributed by atoms with E-state index in [1.165, 1.54) is 31.4 Å². The molecular formula is C28H44O4S2. The van der Waals surface area contributed by atoms with Crippen LogP contribution in [0.15, 0.2) is 49.3 Å². The summed E-state index contributed by atoms with van der Waals surface area (Å²) in [6.07, 6.45) is 14.7. The van der Waals surface area contributed by atoms with Crippen LogP contribution in [0.25, 0.3) is 0 Å². The van der Waals surface area contributed by atoms with Crippen LogP contribution in [0, 0.1) is 0 Å². The third-order valence-corrected chi connectivity index (χ3v) is 7.73. The molecule has 0 aliphatic carbocycles. The molecule has 34 heavy (non-hydrogen) atoms. The van der Waals surface area contributed by atoms with Gasteiger partial charge in [-0.2, -0.15) is 0 Å². The summed E-state index contributed by atoms with van der Waals surface area (Å²) in [4.78, 5) is 12.0. The van der Waals surface area contributed by atoms with Gasteiger partial charge in [0.2, 0.25) is 0 Å². The lowest BCUT2D eigenvalue weighted by atomic mass is 10.2. The molecule has 1 aromatic carbocycles. The molecule has 0 atom stereocenters. The first-order valence-electron chi connectivity index (χ1n) is 12.8. The van der Waals surface area contributed by atoms with E-state index in [0.717, 1.165) is 56.4 Å². The number of unbranched alkanes of at least 4 members (excludes halogenated alkanes) is 8. The highest BCUT2D eigenvalue weighted by Gasteiger charge is 2.05. The van der Waals surface area contributed by atoms with Crippen LogP contribution in [0.2, 0.25) is 0 Å². The summed E-state index contributed by atoms with van der Waals surface area (Å²) in [6.45, 7) is 10.9. The summed E-state index contributed by atoms with van der Waals surface area (Å²) in [5.41, 5.74) is 0. The minimum Gasteiger partial charge on any atom is -0.494 e. The van der Waals surface area contributed by atoms with Gasteiger partial charge in [0.1, 0.15) is 17.3 Å². The van der Waals surface area contributed by atoms with Gasteiger partial charge in [-0.25, -0.2) is 0 Å². The Morgan fingerprint density at radius 1 is 0.824 bits per heavy atom. The standard InChI is InChI=1S/C28H44O4S2/c1-4-6-7-14-23-33-34-24-15-10-11-16-28(29)32-27-19-17-26(18-20-27)31-22-13-9-8-12-21-30-25(3)5-2/h5,17-20H,2-4,6-16,21-24H2,1H3. The molecule has 0 fully saturated rings. The Morgan fingerprint density at radius 2 is 1.41 bits per heavy atom. The molecule has 0 bridgehead atoms. The Morgan fingerprint density at radius 3 is 2.06 bits per heavy atom. The number of carbonyl (C=O) groups is 1. The molecule has 0 heterocycles. The highest BCUT2D eigenvalue weighted by molar-refractivity contribution is 8.76. The van der Waals surface area contributed by atoms with E-state index in [4.69, 9.17) is 14.2 Å². The zero-order valence-corrected chi connectivity index (χ0v) is 22.7. The zero-order valence-electron chi connectivity index (χ0n) is 21.1. The van der Waals surface area contributed by atoms with Gasteiger partial charge in [0.05, 0.1) is 13.2 Å². The van der Waals surface area contributed by atoms with Gasteiger partial charge >= 0.3 is 5.97 Å². The third-order valence-electron chi connectivity index (χ3n) is 5.15. The third kappa shape index (κ3) is 17.9. The van der Waals surface area contributed by atoms with Gasteiger partial charge in [-0.05, 0) is 75.3 Å². The van der Waals surface area contributed by atoms with Crippen molar-refractivity contribution in [2.75, 3.05) is 24.7 Å². The van der Waals surface area contributed by atoms with Gasteiger partial charge in [0, 0.05) is 17.9 Å². The molecule has 0 saturated carbocycles. The molecule has 4 nitrogen and oxygen atoms in total. The van der Waals surface area contributed by atoms with Gasteiger partial charge < -0.3 is 14.2 Å². The first-order valence-corrected chi connectivity index (χ1v) is 15.3. The van der Waals surface area contributed by atoms with Crippen molar-refractivity contribution in [3.8, 4) is 11.5 Å². The van der Waals surface area contributed by atoms with E-state index in [0.29, 0.717) is 31.1 Å². The first-order chi connectivity index (χ1) is 16.7. The van der Waals surface area contributed by atoms with E-state index in [-0.39, 0.29) is 5.97 Å². The molecule has 192 valence electrons. The Kier molecular flexibility index (Phi) is 19.7. The predicted molar refractivity (Wildman–Crippen MR) is 149 cm³/mol. The van der Waals surface area contributed by atoms with Crippen LogP contribution in [0.1, 0.15) is 84.0 Å². The van der Waals surface area contributed by atoms with Crippen molar-refractivity contribution in [3.05, 3.63) is 49.3 Å². The van der Waals surface area contributed by atoms with Crippen LogP contribution < -0.4 is 9.47 Å². The molecule has 0 aromatic heterocycles. The number of allylic oxidation sites excluding steroid dienone is 1. The monoisotopic (exact) mass is 508 g/mol. The van der Waals surface area contributed by atoms with Crippen molar-refractivity contribution in [3.63, 3.8) is 0 Å². The van der Waals surface area contributed by atoms with E-state index in [1.54, 1.807) is 18.2 Å². The number of hydrogen-bond donors (Lipinski definition) is 0.